The molecule has 4 aromatic rings. The molecule has 0 bridgehead atoms. The number of carboxylic acid groups (broad SMARTS) is 1. The zero-order valence-electron chi connectivity index (χ0n) is 18.5. The van der Waals surface area contributed by atoms with Crippen LogP contribution in [0.15, 0.2) is 77.2 Å². The number of aryl methyl sites for hydroxylation is 1. The van der Waals surface area contributed by atoms with Crippen molar-refractivity contribution in [3.63, 3.8) is 0 Å². The summed E-state index contributed by atoms with van der Waals surface area (Å²) in [5.74, 6) is 1.03. The lowest BCUT2D eigenvalue weighted by molar-refractivity contribution is -0.138. The topological polar surface area (TPSA) is 81.8 Å². The van der Waals surface area contributed by atoms with Crippen LogP contribution in [0.4, 0.5) is 13.2 Å². The van der Waals surface area contributed by atoms with Crippen molar-refractivity contribution in [2.24, 2.45) is 0 Å². The molecule has 0 fully saturated rings. The van der Waals surface area contributed by atoms with Gasteiger partial charge in [0.2, 0.25) is 5.89 Å². The van der Waals surface area contributed by atoms with E-state index < -0.39 is 17.7 Å². The summed E-state index contributed by atoms with van der Waals surface area (Å²) in [5, 5.41) is 8.99. The van der Waals surface area contributed by atoms with Gasteiger partial charge in [0.1, 0.15) is 23.8 Å². The van der Waals surface area contributed by atoms with Gasteiger partial charge in [-0.1, -0.05) is 24.3 Å². The highest BCUT2D eigenvalue weighted by atomic mass is 19.4. The fourth-order valence-corrected chi connectivity index (χ4v) is 3.31. The van der Waals surface area contributed by atoms with E-state index in [4.69, 9.17) is 19.0 Å². The highest BCUT2D eigenvalue weighted by molar-refractivity contribution is 5.70. The summed E-state index contributed by atoms with van der Waals surface area (Å²) >= 11 is 0. The molecule has 0 radical (unpaired) electrons. The molecule has 35 heavy (non-hydrogen) atoms. The van der Waals surface area contributed by atoms with E-state index in [0.717, 1.165) is 12.1 Å². The number of halogens is 3. The second kappa shape index (κ2) is 9.92. The minimum atomic E-state index is -4.42. The Morgan fingerprint density at radius 2 is 1.71 bits per heavy atom. The molecular formula is C26H20F3NO5. The summed E-state index contributed by atoms with van der Waals surface area (Å²) in [6.07, 6.45) is -4.54. The van der Waals surface area contributed by atoms with Crippen molar-refractivity contribution < 1.29 is 37.0 Å². The van der Waals surface area contributed by atoms with Gasteiger partial charge >= 0.3 is 12.1 Å². The second-order valence-electron chi connectivity index (χ2n) is 7.65. The summed E-state index contributed by atoms with van der Waals surface area (Å²) in [6.45, 7) is 1.73. The van der Waals surface area contributed by atoms with E-state index in [2.05, 4.69) is 4.98 Å². The van der Waals surface area contributed by atoms with Crippen molar-refractivity contribution in [3.8, 4) is 28.7 Å². The quantitative estimate of drug-likeness (QED) is 0.302. The van der Waals surface area contributed by atoms with E-state index in [1.54, 1.807) is 55.5 Å². The van der Waals surface area contributed by atoms with Gasteiger partial charge in [-0.3, -0.25) is 4.79 Å². The molecule has 1 aromatic heterocycles. The molecule has 0 aliphatic rings. The fraction of sp³-hybridized carbons (Fsp3) is 0.154. The maximum atomic E-state index is 12.8. The molecule has 0 spiro atoms. The number of nitrogens with zero attached hydrogens (tertiary/aromatic N) is 1. The minimum Gasteiger partial charge on any atom is -0.483 e. The number of carboxylic acids is 1. The Morgan fingerprint density at radius 3 is 2.40 bits per heavy atom. The number of aliphatic carboxylic acids is 1. The standard InChI is InChI=1S/C26H20F3NO5/c1-16-21(30-25(34-16)18-9-11-19(12-10-18)26(27,28)29)15-33-22-7-2-3-8-23(22)35-20-6-4-5-17(13-20)14-24(31)32/h2-13H,14-15H2,1H3,(H,31,32). The molecule has 0 aliphatic carbocycles. The largest absolute Gasteiger partial charge is 0.483 e. The van der Waals surface area contributed by atoms with Crippen molar-refractivity contribution in [2.45, 2.75) is 26.1 Å². The SMILES string of the molecule is Cc1oc(-c2ccc(C(F)(F)F)cc2)nc1COc1ccccc1Oc1cccc(CC(=O)O)c1. The Kier molecular flexibility index (Phi) is 6.77. The molecule has 3 aromatic carbocycles. The van der Waals surface area contributed by atoms with Crippen LogP contribution in [0.3, 0.4) is 0 Å². The molecule has 4 rings (SSSR count). The summed E-state index contributed by atoms with van der Waals surface area (Å²) in [4.78, 5) is 15.3. The lowest BCUT2D eigenvalue weighted by atomic mass is 10.1. The van der Waals surface area contributed by atoms with Gasteiger partial charge in [0.25, 0.3) is 0 Å². The Morgan fingerprint density at radius 1 is 1.00 bits per heavy atom. The van der Waals surface area contributed by atoms with Gasteiger partial charge in [-0.25, -0.2) is 4.98 Å². The van der Waals surface area contributed by atoms with Crippen molar-refractivity contribution >= 4 is 5.97 Å². The zero-order chi connectivity index (χ0) is 25.0. The molecule has 0 unspecified atom stereocenters. The van der Waals surface area contributed by atoms with E-state index in [1.807, 2.05) is 0 Å². The van der Waals surface area contributed by atoms with Gasteiger partial charge in [0, 0.05) is 5.56 Å². The molecule has 0 saturated carbocycles. The number of ether oxygens (including phenoxy) is 2. The first kappa shape index (κ1) is 23.9. The maximum Gasteiger partial charge on any atom is 0.416 e. The third-order valence-corrected chi connectivity index (χ3v) is 5.05. The monoisotopic (exact) mass is 483 g/mol. The predicted octanol–water partition coefficient (Wildman–Crippen LogP) is 6.67. The first-order valence-corrected chi connectivity index (χ1v) is 10.5. The number of carbonyl (C=O) groups is 1. The Bertz CT molecular complexity index is 1330. The van der Waals surface area contributed by atoms with Crippen LogP contribution in [0.2, 0.25) is 0 Å². The predicted molar refractivity (Wildman–Crippen MR) is 120 cm³/mol. The van der Waals surface area contributed by atoms with Gasteiger partial charge in [0.15, 0.2) is 11.5 Å². The number of hydrogen-bond donors (Lipinski definition) is 1. The second-order valence-corrected chi connectivity index (χ2v) is 7.65. The molecule has 1 heterocycles. The summed E-state index contributed by atoms with van der Waals surface area (Å²) in [5.41, 5.74) is 0.746. The maximum absolute atomic E-state index is 12.8. The molecule has 0 saturated heterocycles. The highest BCUT2D eigenvalue weighted by Gasteiger charge is 2.30. The molecule has 180 valence electrons. The summed E-state index contributed by atoms with van der Waals surface area (Å²) in [6, 6.07) is 18.3. The van der Waals surface area contributed by atoms with E-state index >= 15 is 0 Å². The van der Waals surface area contributed by atoms with E-state index in [-0.39, 0.29) is 18.9 Å². The number of benzene rings is 3. The van der Waals surface area contributed by atoms with Crippen LogP contribution in [0, 0.1) is 6.92 Å². The Labute approximate surface area is 198 Å². The summed E-state index contributed by atoms with van der Waals surface area (Å²) in [7, 11) is 0. The number of aromatic nitrogens is 1. The summed E-state index contributed by atoms with van der Waals surface area (Å²) < 4.78 is 55.8. The molecule has 6 nitrogen and oxygen atoms in total. The number of oxazole rings is 1. The van der Waals surface area contributed by atoms with Crippen LogP contribution in [-0.2, 0) is 24.0 Å². The fourth-order valence-electron chi connectivity index (χ4n) is 3.31. The molecular weight excluding hydrogens is 463 g/mol. The van der Waals surface area contributed by atoms with Crippen LogP contribution in [0.5, 0.6) is 17.2 Å². The number of alkyl halides is 3. The molecule has 1 N–H and O–H groups in total. The molecule has 9 heteroatoms. The van der Waals surface area contributed by atoms with Crippen LogP contribution in [0.25, 0.3) is 11.5 Å². The van der Waals surface area contributed by atoms with Gasteiger partial charge in [-0.15, -0.1) is 0 Å². The normalized spacial score (nSPS) is 11.3. The Balaban J connectivity index is 1.47. The number of para-hydroxylation sites is 2. The average molecular weight is 483 g/mol. The first-order chi connectivity index (χ1) is 16.7. The molecule has 0 amide bonds. The van der Waals surface area contributed by atoms with Crippen LogP contribution in [0.1, 0.15) is 22.6 Å². The third-order valence-electron chi connectivity index (χ3n) is 5.05. The van der Waals surface area contributed by atoms with Crippen LogP contribution in [-0.4, -0.2) is 16.1 Å². The van der Waals surface area contributed by atoms with Crippen LogP contribution >= 0.6 is 0 Å². The molecule has 0 aliphatic heterocycles. The minimum absolute atomic E-state index is 0.0371. The zero-order valence-corrected chi connectivity index (χ0v) is 18.5. The smallest absolute Gasteiger partial charge is 0.416 e. The van der Waals surface area contributed by atoms with E-state index in [9.17, 15) is 18.0 Å². The molecule has 0 atom stereocenters. The first-order valence-electron chi connectivity index (χ1n) is 10.5. The van der Waals surface area contributed by atoms with E-state index in [1.165, 1.54) is 12.1 Å². The lowest BCUT2D eigenvalue weighted by Crippen LogP contribution is -2.04. The highest BCUT2D eigenvalue weighted by Crippen LogP contribution is 2.34. The van der Waals surface area contributed by atoms with Gasteiger partial charge < -0.3 is 19.0 Å². The van der Waals surface area contributed by atoms with E-state index in [0.29, 0.717) is 39.8 Å². The number of rotatable bonds is 8. The van der Waals surface area contributed by atoms with Gasteiger partial charge in [-0.2, -0.15) is 13.2 Å². The van der Waals surface area contributed by atoms with Gasteiger partial charge in [-0.05, 0) is 61.0 Å². The number of hydrogen-bond acceptors (Lipinski definition) is 5. The van der Waals surface area contributed by atoms with Crippen molar-refractivity contribution in [1.82, 2.24) is 4.98 Å². The lowest BCUT2D eigenvalue weighted by Gasteiger charge is -2.12. The van der Waals surface area contributed by atoms with Crippen molar-refractivity contribution in [2.75, 3.05) is 0 Å². The average Bonchev–Trinajstić information content (AvgIpc) is 3.18. The van der Waals surface area contributed by atoms with Gasteiger partial charge in [0.05, 0.1) is 12.0 Å². The Hall–Kier alpha value is -4.27. The third kappa shape index (κ3) is 6.00. The van der Waals surface area contributed by atoms with Crippen LogP contribution < -0.4 is 9.47 Å². The van der Waals surface area contributed by atoms with Crippen molar-refractivity contribution in [3.05, 3.63) is 95.4 Å². The van der Waals surface area contributed by atoms with Crippen molar-refractivity contribution in [1.29, 1.82) is 0 Å².